The molecule has 0 aliphatic carbocycles. The number of hydrogen-bond donors (Lipinski definition) is 1. The number of nitrogens with one attached hydrogen (secondary N) is 1. The molecule has 1 unspecified atom stereocenters. The maximum atomic E-state index is 9.52. The first-order chi connectivity index (χ1) is 13.8. The highest BCUT2D eigenvalue weighted by molar-refractivity contribution is 5.83. The maximum absolute atomic E-state index is 9.52. The molecule has 0 spiro atoms. The third kappa shape index (κ3) is 3.49. The average Bonchev–Trinajstić information content (AvgIpc) is 3.35. The molecule has 0 radical (unpaired) electrons. The Morgan fingerprint density at radius 2 is 1.75 bits per heavy atom. The summed E-state index contributed by atoms with van der Waals surface area (Å²) in [6.45, 7) is 0.630. The van der Waals surface area contributed by atoms with Gasteiger partial charge in [-0.05, 0) is 17.2 Å². The van der Waals surface area contributed by atoms with Crippen LogP contribution in [0.1, 0.15) is 22.7 Å². The van der Waals surface area contributed by atoms with Crippen LogP contribution in [0.5, 0.6) is 0 Å². The van der Waals surface area contributed by atoms with E-state index >= 15 is 0 Å². The Morgan fingerprint density at radius 1 is 1.00 bits per heavy atom. The Morgan fingerprint density at radius 3 is 2.54 bits per heavy atom. The fourth-order valence-corrected chi connectivity index (χ4v) is 3.52. The Balaban J connectivity index is 1.62. The number of H-pyrrole nitrogens is 1. The summed E-state index contributed by atoms with van der Waals surface area (Å²) < 4.78 is 1.78. The summed E-state index contributed by atoms with van der Waals surface area (Å²) in [6, 6.07) is 22.2. The lowest BCUT2D eigenvalue weighted by molar-refractivity contribution is 0.602. The van der Waals surface area contributed by atoms with Crippen LogP contribution in [0, 0.1) is 28.6 Å². The van der Waals surface area contributed by atoms with Crippen LogP contribution < -0.4 is 0 Å². The van der Waals surface area contributed by atoms with Gasteiger partial charge in [0.15, 0.2) is 0 Å². The lowest BCUT2D eigenvalue weighted by Crippen LogP contribution is -2.13. The number of nitrogens with zero attached hydrogens (tertiary/aromatic N) is 5. The minimum Gasteiger partial charge on any atom is -0.361 e. The van der Waals surface area contributed by atoms with Gasteiger partial charge in [-0.1, -0.05) is 53.7 Å². The van der Waals surface area contributed by atoms with Gasteiger partial charge in [-0.25, -0.2) is 4.68 Å². The molecular weight excluding hydrogens is 348 g/mol. The second-order valence-electron chi connectivity index (χ2n) is 6.73. The molecule has 136 valence electrons. The molecule has 4 aromatic rings. The van der Waals surface area contributed by atoms with Crippen molar-refractivity contribution in [1.29, 1.82) is 10.5 Å². The van der Waals surface area contributed by atoms with Gasteiger partial charge in [-0.15, -0.1) is 5.10 Å². The van der Waals surface area contributed by atoms with Gasteiger partial charge >= 0.3 is 0 Å². The van der Waals surface area contributed by atoms with Gasteiger partial charge in [0.05, 0.1) is 24.4 Å². The predicted molar refractivity (Wildman–Crippen MR) is 105 cm³/mol. The summed E-state index contributed by atoms with van der Waals surface area (Å²) in [6.07, 6.45) is 4.26. The Bertz CT molecular complexity index is 1140. The van der Waals surface area contributed by atoms with Crippen LogP contribution in [0.25, 0.3) is 10.9 Å². The number of aromatic amines is 1. The molecule has 2 aromatic heterocycles. The van der Waals surface area contributed by atoms with E-state index in [1.165, 1.54) is 0 Å². The molecule has 0 saturated heterocycles. The van der Waals surface area contributed by atoms with Gasteiger partial charge in [0.25, 0.3) is 0 Å². The van der Waals surface area contributed by atoms with Crippen LogP contribution in [-0.2, 0) is 13.0 Å². The van der Waals surface area contributed by atoms with Crippen molar-refractivity contribution in [3.63, 3.8) is 0 Å². The van der Waals surface area contributed by atoms with E-state index in [9.17, 15) is 10.5 Å². The molecule has 0 aliphatic heterocycles. The molecule has 2 heterocycles. The maximum Gasteiger partial charge on any atom is 0.140 e. The van der Waals surface area contributed by atoms with Crippen LogP contribution in [-0.4, -0.2) is 20.0 Å². The van der Waals surface area contributed by atoms with E-state index in [2.05, 4.69) is 27.4 Å². The van der Waals surface area contributed by atoms with Crippen LogP contribution in [0.3, 0.4) is 0 Å². The zero-order valence-corrected chi connectivity index (χ0v) is 15.2. The fraction of sp³-hybridized carbons (Fsp3) is 0.182. The topological polar surface area (TPSA) is 94.1 Å². The predicted octanol–water partition coefficient (Wildman–Crippen LogP) is 3.80. The van der Waals surface area contributed by atoms with Gasteiger partial charge in [0.2, 0.25) is 0 Å². The highest BCUT2D eigenvalue weighted by Crippen LogP contribution is 2.33. The largest absolute Gasteiger partial charge is 0.361 e. The number of hydrogen-bond acceptors (Lipinski definition) is 4. The van der Waals surface area contributed by atoms with Crippen molar-refractivity contribution in [3.05, 3.63) is 83.8 Å². The SMILES string of the molecule is N#CC(C#N)C(Cc1cn(Cc2ccccc2)nn1)c1c[nH]c2ccccc12. The molecule has 0 saturated carbocycles. The first-order valence-corrected chi connectivity index (χ1v) is 9.06. The fourth-order valence-electron chi connectivity index (χ4n) is 3.52. The Hall–Kier alpha value is -3.90. The first-order valence-electron chi connectivity index (χ1n) is 9.06. The Labute approximate surface area is 162 Å². The van der Waals surface area contributed by atoms with Gasteiger partial charge in [-0.3, -0.25) is 0 Å². The van der Waals surface area contributed by atoms with Crippen LogP contribution in [0.15, 0.2) is 67.0 Å². The van der Waals surface area contributed by atoms with Crippen molar-refractivity contribution in [2.75, 3.05) is 0 Å². The van der Waals surface area contributed by atoms with E-state index in [0.717, 1.165) is 27.7 Å². The first kappa shape index (κ1) is 17.5. The van der Waals surface area contributed by atoms with Gasteiger partial charge in [-0.2, -0.15) is 10.5 Å². The molecule has 6 heteroatoms. The number of aromatic nitrogens is 4. The summed E-state index contributed by atoms with van der Waals surface area (Å²) in [5.74, 6) is -1.05. The number of para-hydroxylation sites is 1. The van der Waals surface area contributed by atoms with Crippen molar-refractivity contribution >= 4 is 10.9 Å². The molecule has 0 fully saturated rings. The molecular formula is C22H18N6. The van der Waals surface area contributed by atoms with Crippen molar-refractivity contribution in [2.24, 2.45) is 5.92 Å². The average molecular weight is 366 g/mol. The van der Waals surface area contributed by atoms with E-state index in [1.807, 2.05) is 67.0 Å². The van der Waals surface area contributed by atoms with Crippen molar-refractivity contribution in [1.82, 2.24) is 20.0 Å². The van der Waals surface area contributed by atoms with E-state index in [0.29, 0.717) is 13.0 Å². The highest BCUT2D eigenvalue weighted by Gasteiger charge is 2.27. The third-order valence-electron chi connectivity index (χ3n) is 4.90. The summed E-state index contributed by atoms with van der Waals surface area (Å²) in [5.41, 5.74) is 3.85. The van der Waals surface area contributed by atoms with Crippen LogP contribution >= 0.6 is 0 Å². The zero-order chi connectivity index (χ0) is 19.3. The summed E-state index contributed by atoms with van der Waals surface area (Å²) in [7, 11) is 0. The minimum atomic E-state index is -0.765. The molecule has 4 rings (SSSR count). The third-order valence-corrected chi connectivity index (χ3v) is 4.90. The molecule has 0 amide bonds. The monoisotopic (exact) mass is 366 g/mol. The van der Waals surface area contributed by atoms with Crippen LogP contribution in [0.4, 0.5) is 0 Å². The molecule has 28 heavy (non-hydrogen) atoms. The second kappa shape index (κ2) is 7.77. The number of benzene rings is 2. The zero-order valence-electron chi connectivity index (χ0n) is 15.2. The smallest absolute Gasteiger partial charge is 0.140 e. The quantitative estimate of drug-likeness (QED) is 0.561. The number of fused-ring (bicyclic) bond motifs is 1. The minimum absolute atomic E-state index is 0.284. The molecule has 0 aliphatic rings. The van der Waals surface area contributed by atoms with Crippen molar-refractivity contribution in [3.8, 4) is 12.1 Å². The number of nitriles is 2. The molecule has 0 bridgehead atoms. The van der Waals surface area contributed by atoms with Gasteiger partial charge < -0.3 is 4.98 Å². The van der Waals surface area contributed by atoms with E-state index in [4.69, 9.17) is 0 Å². The lowest BCUT2D eigenvalue weighted by atomic mass is 9.84. The molecule has 1 atom stereocenters. The van der Waals surface area contributed by atoms with E-state index in [-0.39, 0.29) is 5.92 Å². The summed E-state index contributed by atoms with van der Waals surface area (Å²) in [5, 5.41) is 28.6. The van der Waals surface area contributed by atoms with Crippen molar-refractivity contribution < 1.29 is 0 Å². The normalized spacial score (nSPS) is 12.0. The van der Waals surface area contributed by atoms with Crippen LogP contribution in [0.2, 0.25) is 0 Å². The van der Waals surface area contributed by atoms with E-state index in [1.54, 1.807) is 4.68 Å². The molecule has 6 nitrogen and oxygen atoms in total. The summed E-state index contributed by atoms with van der Waals surface area (Å²) >= 11 is 0. The lowest BCUT2D eigenvalue weighted by Gasteiger charge is -2.15. The molecule has 2 aromatic carbocycles. The van der Waals surface area contributed by atoms with Gasteiger partial charge in [0.1, 0.15) is 5.92 Å². The number of rotatable bonds is 6. The van der Waals surface area contributed by atoms with E-state index < -0.39 is 5.92 Å². The highest BCUT2D eigenvalue weighted by atomic mass is 15.4. The standard InChI is InChI=1S/C22H18N6/c23-11-17(12-24)20(21-13-25-22-9-5-4-8-19(21)22)10-18-15-28(27-26-18)14-16-6-2-1-3-7-16/h1-9,13,15,17,20,25H,10,14H2. The van der Waals surface area contributed by atoms with Gasteiger partial charge in [0, 0.05) is 35.6 Å². The van der Waals surface area contributed by atoms with Crippen molar-refractivity contribution in [2.45, 2.75) is 18.9 Å². The molecule has 1 N–H and O–H groups in total. The Kier molecular flexibility index (Phi) is 4.86. The second-order valence-corrected chi connectivity index (χ2v) is 6.73. The summed E-state index contributed by atoms with van der Waals surface area (Å²) in [4.78, 5) is 3.24.